The predicted octanol–water partition coefficient (Wildman–Crippen LogP) is -0.308. The summed E-state index contributed by atoms with van der Waals surface area (Å²) in [4.78, 5) is 21.9. The van der Waals surface area contributed by atoms with Gasteiger partial charge in [-0.05, 0) is 12.8 Å². The summed E-state index contributed by atoms with van der Waals surface area (Å²) in [6, 6.07) is 0. The molecule has 0 saturated heterocycles. The molecule has 1 amide bonds. The molecule has 1 aliphatic rings. The molecule has 1 aliphatic carbocycles. The Hall–Kier alpha value is -1.06. The van der Waals surface area contributed by atoms with Gasteiger partial charge in [0.2, 0.25) is 6.41 Å². The lowest BCUT2D eigenvalue weighted by Crippen LogP contribution is -2.39. The van der Waals surface area contributed by atoms with Gasteiger partial charge in [0.1, 0.15) is 5.54 Å². The minimum Gasteiger partial charge on any atom is -0.479 e. The van der Waals surface area contributed by atoms with Crippen LogP contribution in [0.4, 0.5) is 0 Å². The molecule has 0 aromatic carbocycles. The second kappa shape index (κ2) is 1.97. The summed E-state index contributed by atoms with van der Waals surface area (Å²) in [7, 11) is 1.49. The third-order valence-electron chi connectivity index (χ3n) is 1.95. The number of likely N-dealkylation sites (N-methyl/N-ethyl adjacent to an activating group) is 1. The van der Waals surface area contributed by atoms with Crippen LogP contribution in [-0.4, -0.2) is 35.0 Å². The maximum Gasteiger partial charge on any atom is 0.329 e. The van der Waals surface area contributed by atoms with Crippen LogP contribution in [0.1, 0.15) is 12.8 Å². The zero-order valence-electron chi connectivity index (χ0n) is 5.70. The fourth-order valence-corrected chi connectivity index (χ4v) is 0.937. The molecule has 1 rings (SSSR count). The molecule has 0 radical (unpaired) electrons. The van der Waals surface area contributed by atoms with Crippen LogP contribution in [0.5, 0.6) is 0 Å². The number of hydrogen-bond acceptors (Lipinski definition) is 2. The molecule has 56 valence electrons. The van der Waals surface area contributed by atoms with Crippen molar-refractivity contribution in [1.29, 1.82) is 0 Å². The zero-order valence-corrected chi connectivity index (χ0v) is 5.70. The zero-order chi connectivity index (χ0) is 7.78. The van der Waals surface area contributed by atoms with E-state index < -0.39 is 11.5 Å². The highest BCUT2D eigenvalue weighted by atomic mass is 16.4. The number of carboxylic acids is 1. The fraction of sp³-hybridized carbons (Fsp3) is 0.667. The van der Waals surface area contributed by atoms with Gasteiger partial charge in [0.25, 0.3) is 0 Å². The highest BCUT2D eigenvalue weighted by Gasteiger charge is 2.53. The summed E-state index contributed by atoms with van der Waals surface area (Å²) in [6.07, 6.45) is 1.72. The SMILES string of the molecule is CN(C=O)C1(C(=O)O)CC1. The molecule has 0 spiro atoms. The number of hydrogen-bond donors (Lipinski definition) is 1. The van der Waals surface area contributed by atoms with E-state index in [1.807, 2.05) is 0 Å². The van der Waals surface area contributed by atoms with Crippen LogP contribution in [0.15, 0.2) is 0 Å². The first kappa shape index (κ1) is 7.05. The Kier molecular flexibility index (Phi) is 1.39. The van der Waals surface area contributed by atoms with Gasteiger partial charge in [-0.15, -0.1) is 0 Å². The Labute approximate surface area is 58.4 Å². The molecule has 0 unspecified atom stereocenters. The van der Waals surface area contributed by atoms with Gasteiger partial charge >= 0.3 is 5.97 Å². The molecule has 1 N–H and O–H groups in total. The van der Waals surface area contributed by atoms with Gasteiger partial charge in [-0.25, -0.2) is 4.79 Å². The van der Waals surface area contributed by atoms with Crippen LogP contribution in [0.25, 0.3) is 0 Å². The van der Waals surface area contributed by atoms with E-state index in [0.29, 0.717) is 19.3 Å². The largest absolute Gasteiger partial charge is 0.479 e. The quantitative estimate of drug-likeness (QED) is 0.551. The van der Waals surface area contributed by atoms with Crippen molar-refractivity contribution in [2.24, 2.45) is 0 Å². The summed E-state index contributed by atoms with van der Waals surface area (Å²) >= 11 is 0. The minimum atomic E-state index is -0.901. The van der Waals surface area contributed by atoms with Crippen LogP contribution in [0.2, 0.25) is 0 Å². The second-order valence-electron chi connectivity index (χ2n) is 2.55. The van der Waals surface area contributed by atoms with Crippen molar-refractivity contribution in [3.05, 3.63) is 0 Å². The maximum atomic E-state index is 10.5. The van der Waals surface area contributed by atoms with Gasteiger partial charge in [0, 0.05) is 7.05 Å². The van der Waals surface area contributed by atoms with Crippen molar-refractivity contribution in [2.45, 2.75) is 18.4 Å². The Morgan fingerprint density at radius 1 is 1.70 bits per heavy atom. The molecule has 0 aliphatic heterocycles. The number of amides is 1. The maximum absolute atomic E-state index is 10.5. The van der Waals surface area contributed by atoms with Gasteiger partial charge in [-0.3, -0.25) is 4.79 Å². The Morgan fingerprint density at radius 3 is 2.30 bits per heavy atom. The van der Waals surface area contributed by atoms with Crippen molar-refractivity contribution in [3.63, 3.8) is 0 Å². The number of carbonyl (C=O) groups is 2. The summed E-state index contributed by atoms with van der Waals surface area (Å²) in [5.41, 5.74) is -0.859. The van der Waals surface area contributed by atoms with Crippen LogP contribution in [0, 0.1) is 0 Å². The van der Waals surface area contributed by atoms with Gasteiger partial charge in [-0.1, -0.05) is 0 Å². The first-order chi connectivity index (χ1) is 4.63. The molecule has 1 saturated carbocycles. The number of rotatable bonds is 3. The summed E-state index contributed by atoms with van der Waals surface area (Å²) in [6.45, 7) is 0. The first-order valence-corrected chi connectivity index (χ1v) is 3.05. The smallest absolute Gasteiger partial charge is 0.329 e. The molecule has 0 aromatic rings. The Morgan fingerprint density at radius 2 is 2.20 bits per heavy atom. The van der Waals surface area contributed by atoms with E-state index in [2.05, 4.69) is 0 Å². The highest BCUT2D eigenvalue weighted by Crippen LogP contribution is 2.40. The molecule has 0 aromatic heterocycles. The van der Waals surface area contributed by atoms with Crippen molar-refractivity contribution in [3.8, 4) is 0 Å². The standard InChI is InChI=1S/C6H9NO3/c1-7(4-8)6(2-3-6)5(9)10/h4H,2-3H2,1H3,(H,9,10). The lowest BCUT2D eigenvalue weighted by atomic mass is 10.2. The molecule has 4 heteroatoms. The van der Waals surface area contributed by atoms with Gasteiger partial charge in [-0.2, -0.15) is 0 Å². The Balaban J connectivity index is 2.68. The molecule has 1 fully saturated rings. The average Bonchev–Trinajstić information content (AvgIpc) is 2.65. The van der Waals surface area contributed by atoms with E-state index in [1.54, 1.807) is 0 Å². The van der Waals surface area contributed by atoms with Crippen molar-refractivity contribution in [1.82, 2.24) is 4.90 Å². The van der Waals surface area contributed by atoms with E-state index in [1.165, 1.54) is 11.9 Å². The van der Waals surface area contributed by atoms with Gasteiger partial charge in [0.05, 0.1) is 0 Å². The lowest BCUT2D eigenvalue weighted by molar-refractivity contribution is -0.147. The van der Waals surface area contributed by atoms with E-state index in [0.717, 1.165) is 0 Å². The normalized spacial score (nSPS) is 19.7. The molecule has 0 bridgehead atoms. The number of nitrogens with zero attached hydrogens (tertiary/aromatic N) is 1. The molecule has 0 atom stereocenters. The van der Waals surface area contributed by atoms with Crippen LogP contribution in [0.3, 0.4) is 0 Å². The second-order valence-corrected chi connectivity index (χ2v) is 2.55. The van der Waals surface area contributed by atoms with Crippen molar-refractivity contribution >= 4 is 12.4 Å². The highest BCUT2D eigenvalue weighted by molar-refractivity contribution is 5.84. The molecule has 4 nitrogen and oxygen atoms in total. The van der Waals surface area contributed by atoms with E-state index >= 15 is 0 Å². The summed E-state index contributed by atoms with van der Waals surface area (Å²) in [5, 5.41) is 8.60. The van der Waals surface area contributed by atoms with Crippen LogP contribution >= 0.6 is 0 Å². The predicted molar refractivity (Wildman–Crippen MR) is 33.4 cm³/mol. The van der Waals surface area contributed by atoms with Crippen molar-refractivity contribution in [2.75, 3.05) is 7.05 Å². The third-order valence-corrected chi connectivity index (χ3v) is 1.95. The summed E-state index contributed by atoms with van der Waals surface area (Å²) < 4.78 is 0. The topological polar surface area (TPSA) is 57.6 Å². The molecule has 0 heterocycles. The van der Waals surface area contributed by atoms with Crippen LogP contribution in [-0.2, 0) is 9.59 Å². The van der Waals surface area contributed by atoms with Gasteiger partial charge in [0.15, 0.2) is 0 Å². The van der Waals surface area contributed by atoms with E-state index in [-0.39, 0.29) is 0 Å². The van der Waals surface area contributed by atoms with E-state index in [9.17, 15) is 9.59 Å². The first-order valence-electron chi connectivity index (χ1n) is 3.05. The number of aliphatic carboxylic acids is 1. The minimum absolute atomic E-state index is 0.557. The lowest BCUT2D eigenvalue weighted by Gasteiger charge is -2.18. The van der Waals surface area contributed by atoms with Gasteiger partial charge < -0.3 is 10.0 Å². The Bertz CT molecular complexity index is 174. The van der Waals surface area contributed by atoms with E-state index in [4.69, 9.17) is 5.11 Å². The van der Waals surface area contributed by atoms with Crippen LogP contribution < -0.4 is 0 Å². The van der Waals surface area contributed by atoms with Crippen molar-refractivity contribution < 1.29 is 14.7 Å². The number of carbonyl (C=O) groups excluding carboxylic acids is 1. The number of carboxylic acid groups (broad SMARTS) is 1. The average molecular weight is 143 g/mol. The third kappa shape index (κ3) is 0.761. The molecule has 10 heavy (non-hydrogen) atoms. The fourth-order valence-electron chi connectivity index (χ4n) is 0.937. The molecular weight excluding hydrogens is 134 g/mol. The molecular formula is C6H9NO3. The monoisotopic (exact) mass is 143 g/mol. The summed E-state index contributed by atoms with van der Waals surface area (Å²) in [5.74, 6) is -0.901.